The van der Waals surface area contributed by atoms with Gasteiger partial charge in [-0.1, -0.05) is 19.8 Å². The molecule has 1 fully saturated rings. The van der Waals surface area contributed by atoms with Gasteiger partial charge in [-0.25, -0.2) is 13.2 Å². The normalized spacial score (nSPS) is 25.7. The molecule has 0 aromatic heterocycles. The minimum atomic E-state index is -1.60. The fourth-order valence-electron chi connectivity index (χ4n) is 2.96. The Morgan fingerprint density at radius 3 is 2.52 bits per heavy atom. The maximum Gasteiger partial charge on any atom is 0.252 e. The number of aliphatic hydroxyl groups excluding tert-OH is 1. The van der Waals surface area contributed by atoms with Gasteiger partial charge in [0.25, 0.3) is 5.91 Å². The number of aliphatic hydroxyl groups is 1. The predicted octanol–water partition coefficient (Wildman–Crippen LogP) is 2.77. The lowest BCUT2D eigenvalue weighted by Crippen LogP contribution is -2.53. The van der Waals surface area contributed by atoms with E-state index in [2.05, 4.69) is 5.32 Å². The number of carbonyl (C=O) groups is 1. The zero-order valence-corrected chi connectivity index (χ0v) is 11.8. The number of carbonyl (C=O) groups excluding carboxylic acids is 1. The van der Waals surface area contributed by atoms with Crippen molar-refractivity contribution in [3.8, 4) is 0 Å². The van der Waals surface area contributed by atoms with Crippen molar-refractivity contribution in [1.82, 2.24) is 5.32 Å². The van der Waals surface area contributed by atoms with E-state index in [9.17, 15) is 23.1 Å². The highest BCUT2D eigenvalue weighted by atomic mass is 19.2. The topological polar surface area (TPSA) is 49.3 Å². The van der Waals surface area contributed by atoms with Gasteiger partial charge < -0.3 is 10.4 Å². The highest BCUT2D eigenvalue weighted by Gasteiger charge is 2.36. The van der Waals surface area contributed by atoms with Gasteiger partial charge in [-0.15, -0.1) is 0 Å². The lowest BCUT2D eigenvalue weighted by molar-refractivity contribution is 0.0696. The number of hydrogen-bond acceptors (Lipinski definition) is 2. The Morgan fingerprint density at radius 1 is 1.38 bits per heavy atom. The largest absolute Gasteiger partial charge is 0.394 e. The van der Waals surface area contributed by atoms with Crippen LogP contribution in [-0.4, -0.2) is 23.2 Å². The molecule has 2 atom stereocenters. The van der Waals surface area contributed by atoms with Crippen molar-refractivity contribution in [3.05, 3.63) is 35.1 Å². The molecule has 0 saturated heterocycles. The molecule has 1 saturated carbocycles. The SMILES string of the molecule is CC1CCCC(CO)(NC(=O)c2cc(F)c(F)c(F)c2)C1. The summed E-state index contributed by atoms with van der Waals surface area (Å²) in [4.78, 5) is 12.1. The van der Waals surface area contributed by atoms with Gasteiger partial charge in [-0.3, -0.25) is 4.79 Å². The first-order valence-corrected chi connectivity index (χ1v) is 6.95. The summed E-state index contributed by atoms with van der Waals surface area (Å²) in [7, 11) is 0. The van der Waals surface area contributed by atoms with Crippen molar-refractivity contribution in [2.45, 2.75) is 38.1 Å². The average Bonchev–Trinajstić information content (AvgIpc) is 2.44. The first-order chi connectivity index (χ1) is 9.87. The zero-order chi connectivity index (χ0) is 15.6. The third-order valence-electron chi connectivity index (χ3n) is 4.02. The molecule has 1 aliphatic rings. The first-order valence-electron chi connectivity index (χ1n) is 6.95. The van der Waals surface area contributed by atoms with Crippen LogP contribution in [0.2, 0.25) is 0 Å². The van der Waals surface area contributed by atoms with Gasteiger partial charge >= 0.3 is 0 Å². The molecule has 2 N–H and O–H groups in total. The second-order valence-electron chi connectivity index (χ2n) is 5.85. The molecule has 0 aliphatic heterocycles. The van der Waals surface area contributed by atoms with E-state index >= 15 is 0 Å². The third kappa shape index (κ3) is 3.37. The zero-order valence-electron chi connectivity index (χ0n) is 11.8. The van der Waals surface area contributed by atoms with E-state index in [1.54, 1.807) is 0 Å². The van der Waals surface area contributed by atoms with Crippen molar-refractivity contribution in [2.75, 3.05) is 6.61 Å². The van der Waals surface area contributed by atoms with Crippen LogP contribution in [0.1, 0.15) is 43.0 Å². The predicted molar refractivity (Wildman–Crippen MR) is 71.2 cm³/mol. The fraction of sp³-hybridized carbons (Fsp3) is 0.533. The van der Waals surface area contributed by atoms with Crippen LogP contribution < -0.4 is 5.32 Å². The smallest absolute Gasteiger partial charge is 0.252 e. The van der Waals surface area contributed by atoms with E-state index < -0.39 is 28.9 Å². The quantitative estimate of drug-likeness (QED) is 0.843. The number of nitrogens with one attached hydrogen (secondary N) is 1. The van der Waals surface area contributed by atoms with Gasteiger partial charge in [-0.05, 0) is 30.9 Å². The van der Waals surface area contributed by atoms with Crippen molar-refractivity contribution >= 4 is 5.91 Å². The molecule has 1 amide bonds. The molecule has 0 radical (unpaired) electrons. The Morgan fingerprint density at radius 2 is 2.00 bits per heavy atom. The van der Waals surface area contributed by atoms with Crippen molar-refractivity contribution < 1.29 is 23.1 Å². The van der Waals surface area contributed by atoms with Crippen LogP contribution in [0, 0.1) is 23.4 Å². The highest BCUT2D eigenvalue weighted by Crippen LogP contribution is 2.32. The fourth-order valence-corrected chi connectivity index (χ4v) is 2.96. The summed E-state index contributed by atoms with van der Waals surface area (Å²) < 4.78 is 39.3. The Balaban J connectivity index is 2.20. The average molecular weight is 301 g/mol. The standard InChI is InChI=1S/C15H18F3NO2/c1-9-3-2-4-15(7-9,8-20)19-14(21)10-5-11(16)13(18)12(17)6-10/h5-6,9,20H,2-4,7-8H2,1H3,(H,19,21). The summed E-state index contributed by atoms with van der Waals surface area (Å²) >= 11 is 0. The van der Waals surface area contributed by atoms with E-state index in [0.717, 1.165) is 12.8 Å². The van der Waals surface area contributed by atoms with E-state index in [0.29, 0.717) is 30.9 Å². The molecular formula is C15H18F3NO2. The third-order valence-corrected chi connectivity index (χ3v) is 4.02. The summed E-state index contributed by atoms with van der Waals surface area (Å²) in [6.45, 7) is 1.78. The van der Waals surface area contributed by atoms with Crippen LogP contribution in [-0.2, 0) is 0 Å². The van der Waals surface area contributed by atoms with Crippen LogP contribution >= 0.6 is 0 Å². The summed E-state index contributed by atoms with van der Waals surface area (Å²) in [5, 5.41) is 12.2. The highest BCUT2D eigenvalue weighted by molar-refractivity contribution is 5.94. The number of rotatable bonds is 3. The van der Waals surface area contributed by atoms with Gasteiger partial charge in [0.1, 0.15) is 0 Å². The number of hydrogen-bond donors (Lipinski definition) is 2. The Labute approximate surface area is 121 Å². The summed E-state index contributed by atoms with van der Waals surface area (Å²) in [5.41, 5.74) is -1.08. The van der Waals surface area contributed by atoms with Crippen molar-refractivity contribution in [1.29, 1.82) is 0 Å². The maximum absolute atomic E-state index is 13.2. The first kappa shape index (κ1) is 15.8. The monoisotopic (exact) mass is 301 g/mol. The molecule has 1 aromatic rings. The number of benzene rings is 1. The Hall–Kier alpha value is -1.56. The van der Waals surface area contributed by atoms with Crippen LogP contribution in [0.15, 0.2) is 12.1 Å². The van der Waals surface area contributed by atoms with Crippen LogP contribution in [0.4, 0.5) is 13.2 Å². The molecule has 21 heavy (non-hydrogen) atoms. The Kier molecular flexibility index (Phi) is 4.56. The molecule has 0 spiro atoms. The lowest BCUT2D eigenvalue weighted by Gasteiger charge is -2.39. The number of amides is 1. The summed E-state index contributed by atoms with van der Waals surface area (Å²) in [6, 6.07) is 1.32. The second kappa shape index (κ2) is 6.05. The van der Waals surface area contributed by atoms with Gasteiger partial charge in [0.15, 0.2) is 17.5 Å². The van der Waals surface area contributed by atoms with Gasteiger partial charge in [0.2, 0.25) is 0 Å². The van der Waals surface area contributed by atoms with Crippen LogP contribution in [0.3, 0.4) is 0 Å². The maximum atomic E-state index is 13.2. The van der Waals surface area contributed by atoms with Crippen LogP contribution in [0.25, 0.3) is 0 Å². The molecule has 6 heteroatoms. The molecular weight excluding hydrogens is 283 g/mol. The van der Waals surface area contributed by atoms with Crippen LogP contribution in [0.5, 0.6) is 0 Å². The second-order valence-corrected chi connectivity index (χ2v) is 5.85. The van der Waals surface area contributed by atoms with Gasteiger partial charge in [-0.2, -0.15) is 0 Å². The lowest BCUT2D eigenvalue weighted by atomic mass is 9.76. The van der Waals surface area contributed by atoms with Gasteiger partial charge in [0.05, 0.1) is 12.1 Å². The molecule has 1 aliphatic carbocycles. The van der Waals surface area contributed by atoms with Crippen molar-refractivity contribution in [3.63, 3.8) is 0 Å². The molecule has 1 aromatic carbocycles. The van der Waals surface area contributed by atoms with Gasteiger partial charge in [0, 0.05) is 5.56 Å². The molecule has 116 valence electrons. The summed E-state index contributed by atoms with van der Waals surface area (Å²) in [6.07, 6.45) is 3.07. The van der Waals surface area contributed by atoms with E-state index in [1.165, 1.54) is 0 Å². The van der Waals surface area contributed by atoms with Crippen molar-refractivity contribution in [2.24, 2.45) is 5.92 Å². The summed E-state index contributed by atoms with van der Waals surface area (Å²) in [5.74, 6) is -4.79. The van der Waals surface area contributed by atoms with E-state index in [4.69, 9.17) is 0 Å². The molecule has 2 rings (SSSR count). The molecule has 2 unspecified atom stereocenters. The van der Waals surface area contributed by atoms with E-state index in [-0.39, 0.29) is 12.2 Å². The minimum Gasteiger partial charge on any atom is -0.394 e. The molecule has 3 nitrogen and oxygen atoms in total. The van der Waals surface area contributed by atoms with E-state index in [1.807, 2.05) is 6.92 Å². The molecule has 0 bridgehead atoms. The Bertz CT molecular complexity index is 527. The minimum absolute atomic E-state index is 0.241. The number of halogens is 3. The molecule has 0 heterocycles.